The highest BCUT2D eigenvalue weighted by atomic mass is 35.6. The fourth-order valence-electron chi connectivity index (χ4n) is 1.99. The van der Waals surface area contributed by atoms with Crippen molar-refractivity contribution in [2.24, 2.45) is 0 Å². The topological polar surface area (TPSA) is 63.2 Å². The predicted octanol–water partition coefficient (Wildman–Crippen LogP) is 3.90. The molecular weight excluding hydrogens is 393 g/mol. The Hall–Kier alpha value is -1.27. The number of carbonyl (C=O) groups excluding carboxylic acids is 1. The first kappa shape index (κ1) is 19.1. The summed E-state index contributed by atoms with van der Waals surface area (Å²) < 4.78 is 23.3. The molecule has 0 fully saturated rings. The lowest BCUT2D eigenvalue weighted by Gasteiger charge is -2.25. The van der Waals surface area contributed by atoms with E-state index in [0.29, 0.717) is 0 Å². The molecule has 2 aromatic rings. The van der Waals surface area contributed by atoms with E-state index in [9.17, 15) is 13.2 Å². The molecule has 0 aliphatic heterocycles. The van der Waals surface area contributed by atoms with E-state index in [0.717, 1.165) is 5.56 Å². The van der Waals surface area contributed by atoms with Crippen LogP contribution in [0, 0.1) is 6.92 Å². The van der Waals surface area contributed by atoms with Crippen LogP contribution in [-0.2, 0) is 9.84 Å². The van der Waals surface area contributed by atoms with Gasteiger partial charge in [-0.2, -0.15) is 0 Å². The first-order chi connectivity index (χ1) is 11.1. The fourth-order valence-corrected chi connectivity index (χ4v) is 4.61. The average Bonchev–Trinajstić information content (AvgIpc) is 2.52. The third-order valence-corrected chi connectivity index (χ3v) is 6.32. The lowest BCUT2D eigenvalue weighted by Crippen LogP contribution is -2.49. The highest BCUT2D eigenvalue weighted by Crippen LogP contribution is 2.36. The standard InChI is InChI=1S/C16H14Cl3NO3S/c1-11-7-9-13(10-8-11)24(22,23)15(16(17,18)19)20-14(21)12-5-3-2-4-6-12/h2-10,15H,1H3,(H,20,21)/t15-/m1/s1. The van der Waals surface area contributed by atoms with Crippen molar-refractivity contribution in [1.29, 1.82) is 0 Å². The van der Waals surface area contributed by atoms with Crippen molar-refractivity contribution < 1.29 is 13.2 Å². The Bertz CT molecular complexity index is 816. The van der Waals surface area contributed by atoms with E-state index in [1.54, 1.807) is 30.3 Å². The molecule has 4 nitrogen and oxygen atoms in total. The normalized spacial score (nSPS) is 13.3. The predicted molar refractivity (Wildman–Crippen MR) is 96.4 cm³/mol. The van der Waals surface area contributed by atoms with Crippen molar-refractivity contribution in [2.45, 2.75) is 21.0 Å². The number of alkyl halides is 3. The van der Waals surface area contributed by atoms with Gasteiger partial charge in [0.1, 0.15) is 0 Å². The number of amides is 1. The molecule has 0 aliphatic rings. The van der Waals surface area contributed by atoms with Crippen LogP contribution in [0.25, 0.3) is 0 Å². The van der Waals surface area contributed by atoms with Crippen LogP contribution in [-0.4, -0.2) is 23.5 Å². The van der Waals surface area contributed by atoms with Crippen LogP contribution in [0.4, 0.5) is 0 Å². The van der Waals surface area contributed by atoms with Crippen molar-refractivity contribution in [3.8, 4) is 0 Å². The maximum absolute atomic E-state index is 12.8. The molecule has 0 aromatic heterocycles. The van der Waals surface area contributed by atoms with Gasteiger partial charge in [-0.1, -0.05) is 70.7 Å². The lowest BCUT2D eigenvalue weighted by molar-refractivity contribution is 0.0948. The van der Waals surface area contributed by atoms with Gasteiger partial charge in [0, 0.05) is 5.56 Å². The third kappa shape index (κ3) is 4.42. The van der Waals surface area contributed by atoms with E-state index >= 15 is 0 Å². The van der Waals surface area contributed by atoms with Gasteiger partial charge in [-0.3, -0.25) is 4.79 Å². The number of carbonyl (C=O) groups is 1. The zero-order chi connectivity index (χ0) is 18.0. The summed E-state index contributed by atoms with van der Waals surface area (Å²) in [5.74, 6) is -0.650. The summed E-state index contributed by atoms with van der Waals surface area (Å²) >= 11 is 17.5. The van der Waals surface area contributed by atoms with Crippen LogP contribution < -0.4 is 5.32 Å². The Labute approximate surface area is 155 Å². The fraction of sp³-hybridized carbons (Fsp3) is 0.188. The summed E-state index contributed by atoms with van der Waals surface area (Å²) in [5, 5.41) is 0.573. The van der Waals surface area contributed by atoms with Crippen LogP contribution in [0.1, 0.15) is 15.9 Å². The Morgan fingerprint density at radius 2 is 1.54 bits per heavy atom. The Balaban J connectivity index is 2.39. The number of hydrogen-bond acceptors (Lipinski definition) is 3. The van der Waals surface area contributed by atoms with Crippen LogP contribution in [0.5, 0.6) is 0 Å². The molecular formula is C16H14Cl3NO3S. The molecule has 0 spiro atoms. The second-order valence-corrected chi connectivity index (χ2v) is 9.52. The van der Waals surface area contributed by atoms with Gasteiger partial charge in [0.05, 0.1) is 4.90 Å². The van der Waals surface area contributed by atoms with Crippen molar-refractivity contribution >= 4 is 50.5 Å². The molecule has 8 heteroatoms. The van der Waals surface area contributed by atoms with Crippen molar-refractivity contribution in [2.75, 3.05) is 0 Å². The highest BCUT2D eigenvalue weighted by molar-refractivity contribution is 7.92. The maximum Gasteiger partial charge on any atom is 0.252 e. The molecule has 0 aliphatic carbocycles. The molecule has 1 amide bonds. The van der Waals surface area contributed by atoms with Crippen LogP contribution >= 0.6 is 34.8 Å². The number of nitrogens with one attached hydrogen (secondary N) is 1. The first-order valence-electron chi connectivity index (χ1n) is 6.85. The van der Waals surface area contributed by atoms with Crippen molar-refractivity contribution in [3.05, 3.63) is 65.7 Å². The van der Waals surface area contributed by atoms with Gasteiger partial charge >= 0.3 is 0 Å². The molecule has 1 atom stereocenters. The van der Waals surface area contributed by atoms with E-state index in [1.165, 1.54) is 24.3 Å². The van der Waals surface area contributed by atoms with Crippen LogP contribution in [0.15, 0.2) is 59.5 Å². The number of aryl methyl sites for hydroxylation is 1. The van der Waals surface area contributed by atoms with Crippen molar-refractivity contribution in [1.82, 2.24) is 5.32 Å². The van der Waals surface area contributed by atoms with Gasteiger partial charge < -0.3 is 5.32 Å². The minimum Gasteiger partial charge on any atom is -0.332 e. The average molecular weight is 407 g/mol. The zero-order valence-electron chi connectivity index (χ0n) is 12.5. The number of sulfone groups is 1. The number of rotatable bonds is 4. The maximum atomic E-state index is 12.8. The minimum absolute atomic E-state index is 0.0437. The molecule has 24 heavy (non-hydrogen) atoms. The smallest absolute Gasteiger partial charge is 0.252 e. The molecule has 0 radical (unpaired) electrons. The monoisotopic (exact) mass is 405 g/mol. The highest BCUT2D eigenvalue weighted by Gasteiger charge is 2.44. The summed E-state index contributed by atoms with van der Waals surface area (Å²) in [6.07, 6.45) is 0. The summed E-state index contributed by atoms with van der Waals surface area (Å²) in [6.45, 7) is 1.82. The van der Waals surface area contributed by atoms with Gasteiger partial charge in [-0.25, -0.2) is 8.42 Å². The number of hydrogen-bond donors (Lipinski definition) is 1. The third-order valence-electron chi connectivity index (χ3n) is 3.26. The summed E-state index contributed by atoms with van der Waals surface area (Å²) in [6, 6.07) is 14.1. The Morgan fingerprint density at radius 1 is 1.00 bits per heavy atom. The van der Waals surface area contributed by atoms with Crippen molar-refractivity contribution in [3.63, 3.8) is 0 Å². The molecule has 2 rings (SSSR count). The minimum atomic E-state index is -4.11. The number of halogens is 3. The van der Waals surface area contributed by atoms with E-state index in [4.69, 9.17) is 34.8 Å². The summed E-state index contributed by atoms with van der Waals surface area (Å²) in [7, 11) is -4.11. The van der Waals surface area contributed by atoms with Gasteiger partial charge in [-0.05, 0) is 31.2 Å². The molecule has 128 valence electrons. The van der Waals surface area contributed by atoms with Crippen LogP contribution in [0.2, 0.25) is 0 Å². The molecule has 0 saturated carbocycles. The van der Waals surface area contributed by atoms with E-state index < -0.39 is 24.9 Å². The Kier molecular flexibility index (Phi) is 5.81. The molecule has 2 aromatic carbocycles. The molecule has 0 saturated heterocycles. The van der Waals surface area contributed by atoms with Gasteiger partial charge in [0.25, 0.3) is 5.91 Å². The van der Waals surface area contributed by atoms with E-state index in [1.807, 2.05) is 6.92 Å². The van der Waals surface area contributed by atoms with E-state index in [-0.39, 0.29) is 10.5 Å². The van der Waals surface area contributed by atoms with Crippen LogP contribution in [0.3, 0.4) is 0 Å². The largest absolute Gasteiger partial charge is 0.332 e. The molecule has 0 unspecified atom stereocenters. The zero-order valence-corrected chi connectivity index (χ0v) is 15.6. The van der Waals surface area contributed by atoms with Gasteiger partial charge in [0.15, 0.2) is 5.37 Å². The summed E-state index contributed by atoms with van der Waals surface area (Å²) in [5.41, 5.74) is 1.14. The number of benzene rings is 2. The van der Waals surface area contributed by atoms with Gasteiger partial charge in [0.2, 0.25) is 13.6 Å². The first-order valence-corrected chi connectivity index (χ1v) is 9.53. The Morgan fingerprint density at radius 3 is 2.04 bits per heavy atom. The molecule has 1 N–H and O–H groups in total. The molecule has 0 heterocycles. The van der Waals surface area contributed by atoms with Gasteiger partial charge in [-0.15, -0.1) is 0 Å². The second-order valence-electron chi connectivity index (χ2n) is 5.12. The SMILES string of the molecule is Cc1ccc(S(=O)(=O)[C@@H](NC(=O)c2ccccc2)C(Cl)(Cl)Cl)cc1. The second kappa shape index (κ2) is 7.31. The van der Waals surface area contributed by atoms with E-state index in [2.05, 4.69) is 5.32 Å². The quantitative estimate of drug-likeness (QED) is 0.783. The molecule has 0 bridgehead atoms. The lowest BCUT2D eigenvalue weighted by atomic mass is 10.2. The summed E-state index contributed by atoms with van der Waals surface area (Å²) in [4.78, 5) is 12.2.